The lowest BCUT2D eigenvalue weighted by atomic mass is 10.2. The third kappa shape index (κ3) is 4.32. The van der Waals surface area contributed by atoms with Gasteiger partial charge in [-0.15, -0.1) is 6.58 Å². The van der Waals surface area contributed by atoms with E-state index >= 15 is 0 Å². The predicted molar refractivity (Wildman–Crippen MR) is 104 cm³/mol. The van der Waals surface area contributed by atoms with Gasteiger partial charge in [0.05, 0.1) is 16.2 Å². The molecule has 27 heavy (non-hydrogen) atoms. The van der Waals surface area contributed by atoms with Crippen molar-refractivity contribution in [1.82, 2.24) is 4.90 Å². The Morgan fingerprint density at radius 1 is 1.26 bits per heavy atom. The zero-order valence-corrected chi connectivity index (χ0v) is 14.9. The van der Waals surface area contributed by atoms with Crippen LogP contribution in [0.2, 0.25) is 0 Å². The Morgan fingerprint density at radius 3 is 2.67 bits per heavy atom. The van der Waals surface area contributed by atoms with Crippen molar-refractivity contribution in [2.75, 3.05) is 6.54 Å². The second-order valence-electron chi connectivity index (χ2n) is 5.62. The molecule has 3 rings (SSSR count). The molecule has 1 fully saturated rings. The second-order valence-corrected chi connectivity index (χ2v) is 6.63. The number of nitrogens with zero attached hydrogens (tertiary/aromatic N) is 2. The van der Waals surface area contributed by atoms with Gasteiger partial charge in [-0.25, -0.2) is 14.2 Å². The zero-order valence-electron chi connectivity index (χ0n) is 14.1. The highest BCUT2D eigenvalue weighted by molar-refractivity contribution is 8.18. The average molecular weight is 382 g/mol. The lowest BCUT2D eigenvalue weighted by Gasteiger charge is -2.12. The minimum Gasteiger partial charge on any atom is -0.478 e. The summed E-state index contributed by atoms with van der Waals surface area (Å²) in [5.74, 6) is -1.64. The average Bonchev–Trinajstić information content (AvgIpc) is 2.93. The van der Waals surface area contributed by atoms with Gasteiger partial charge in [0, 0.05) is 6.54 Å². The minimum absolute atomic E-state index is 0.114. The van der Waals surface area contributed by atoms with Gasteiger partial charge in [-0.05, 0) is 53.7 Å². The molecular weight excluding hydrogens is 367 g/mol. The monoisotopic (exact) mass is 382 g/mol. The number of aliphatic imine (C=N–C) groups is 1. The van der Waals surface area contributed by atoms with Crippen molar-refractivity contribution in [3.8, 4) is 0 Å². The van der Waals surface area contributed by atoms with Gasteiger partial charge in [0.1, 0.15) is 5.82 Å². The topological polar surface area (TPSA) is 70.0 Å². The Kier molecular flexibility index (Phi) is 5.52. The van der Waals surface area contributed by atoms with Gasteiger partial charge in [-0.3, -0.25) is 9.69 Å². The molecule has 0 spiro atoms. The van der Waals surface area contributed by atoms with E-state index in [-0.39, 0.29) is 23.8 Å². The number of rotatable bonds is 5. The highest BCUT2D eigenvalue weighted by Gasteiger charge is 2.32. The molecule has 1 heterocycles. The van der Waals surface area contributed by atoms with Crippen molar-refractivity contribution in [2.24, 2.45) is 4.99 Å². The Bertz CT molecular complexity index is 967. The van der Waals surface area contributed by atoms with Crippen molar-refractivity contribution in [2.45, 2.75) is 0 Å². The maximum absolute atomic E-state index is 13.1. The Balaban J connectivity index is 1.95. The van der Waals surface area contributed by atoms with Crippen LogP contribution in [0.5, 0.6) is 0 Å². The number of hydrogen-bond acceptors (Lipinski definition) is 4. The molecule has 0 bridgehead atoms. The van der Waals surface area contributed by atoms with Crippen LogP contribution in [0.4, 0.5) is 10.1 Å². The van der Waals surface area contributed by atoms with E-state index in [4.69, 9.17) is 5.11 Å². The number of hydrogen-bond donors (Lipinski definition) is 1. The molecule has 0 unspecified atom stereocenters. The number of carbonyl (C=O) groups is 2. The number of carboxylic acid groups (broad SMARTS) is 1. The first-order valence-corrected chi connectivity index (χ1v) is 8.79. The molecule has 7 heteroatoms. The normalized spacial score (nSPS) is 16.9. The van der Waals surface area contributed by atoms with Gasteiger partial charge < -0.3 is 5.11 Å². The van der Waals surface area contributed by atoms with E-state index in [0.29, 0.717) is 21.3 Å². The molecule has 0 saturated carbocycles. The second kappa shape index (κ2) is 8.01. The first-order valence-electron chi connectivity index (χ1n) is 7.98. The van der Waals surface area contributed by atoms with Crippen molar-refractivity contribution in [1.29, 1.82) is 0 Å². The molecule has 0 aliphatic carbocycles. The fraction of sp³-hybridized carbons (Fsp3) is 0.0500. The van der Waals surface area contributed by atoms with Crippen LogP contribution in [0.25, 0.3) is 6.08 Å². The summed E-state index contributed by atoms with van der Waals surface area (Å²) in [5, 5.41) is 9.53. The number of amidine groups is 1. The number of amides is 1. The molecule has 1 saturated heterocycles. The Labute approximate surface area is 159 Å². The zero-order chi connectivity index (χ0) is 19.4. The molecule has 136 valence electrons. The molecule has 2 aromatic carbocycles. The first kappa shape index (κ1) is 18.6. The van der Waals surface area contributed by atoms with E-state index in [1.54, 1.807) is 36.4 Å². The van der Waals surface area contributed by atoms with Crippen molar-refractivity contribution >= 4 is 40.6 Å². The maximum Gasteiger partial charge on any atom is 0.335 e. The van der Waals surface area contributed by atoms with Crippen LogP contribution in [-0.2, 0) is 4.79 Å². The van der Waals surface area contributed by atoms with Crippen LogP contribution in [0.3, 0.4) is 0 Å². The third-order valence-corrected chi connectivity index (χ3v) is 4.69. The molecule has 0 aromatic heterocycles. The molecule has 1 amide bonds. The van der Waals surface area contributed by atoms with Crippen LogP contribution >= 0.6 is 11.8 Å². The summed E-state index contributed by atoms with van der Waals surface area (Å²) >= 11 is 1.17. The van der Waals surface area contributed by atoms with Crippen LogP contribution in [-0.4, -0.2) is 33.6 Å². The van der Waals surface area contributed by atoms with Crippen LogP contribution in [0.15, 0.2) is 71.1 Å². The molecule has 2 aromatic rings. The molecule has 0 atom stereocenters. The Morgan fingerprint density at radius 2 is 2.00 bits per heavy atom. The van der Waals surface area contributed by atoms with Gasteiger partial charge in [0.15, 0.2) is 5.17 Å². The van der Waals surface area contributed by atoms with Crippen LogP contribution < -0.4 is 0 Å². The van der Waals surface area contributed by atoms with Gasteiger partial charge in [-0.2, -0.15) is 0 Å². The largest absolute Gasteiger partial charge is 0.478 e. The van der Waals surface area contributed by atoms with Crippen molar-refractivity contribution < 1.29 is 19.1 Å². The third-order valence-electron chi connectivity index (χ3n) is 3.69. The number of carbonyl (C=O) groups excluding carboxylic acids is 1. The lowest BCUT2D eigenvalue weighted by Crippen LogP contribution is -2.29. The van der Waals surface area contributed by atoms with E-state index in [1.807, 2.05) is 0 Å². The molecule has 1 aliphatic rings. The summed E-state index contributed by atoms with van der Waals surface area (Å²) in [6.45, 7) is 3.93. The maximum atomic E-state index is 13.1. The lowest BCUT2D eigenvalue weighted by molar-refractivity contribution is -0.121. The summed E-state index contributed by atoms with van der Waals surface area (Å²) in [5.41, 5.74) is 1.24. The first-order chi connectivity index (χ1) is 13.0. The van der Waals surface area contributed by atoms with Crippen molar-refractivity contribution in [3.63, 3.8) is 0 Å². The van der Waals surface area contributed by atoms with E-state index in [9.17, 15) is 14.0 Å². The fourth-order valence-corrected chi connectivity index (χ4v) is 3.42. The Hall–Kier alpha value is -3.19. The molecular formula is C20H15FN2O3S. The van der Waals surface area contributed by atoms with Gasteiger partial charge in [-0.1, -0.05) is 24.3 Å². The van der Waals surface area contributed by atoms with Gasteiger partial charge >= 0.3 is 5.97 Å². The number of aromatic carboxylic acids is 1. The molecule has 0 radical (unpaired) electrons. The van der Waals surface area contributed by atoms with Crippen molar-refractivity contribution in [3.05, 3.63) is 83.0 Å². The predicted octanol–water partition coefficient (Wildman–Crippen LogP) is 4.31. The smallest absolute Gasteiger partial charge is 0.335 e. The van der Waals surface area contributed by atoms with Gasteiger partial charge in [0.25, 0.3) is 5.91 Å². The number of carboxylic acids is 1. The highest BCUT2D eigenvalue weighted by Crippen LogP contribution is 2.34. The summed E-state index contributed by atoms with van der Waals surface area (Å²) < 4.78 is 13.1. The molecule has 5 nitrogen and oxygen atoms in total. The quantitative estimate of drug-likeness (QED) is 0.618. The van der Waals surface area contributed by atoms with Crippen LogP contribution in [0.1, 0.15) is 15.9 Å². The molecule has 1 aliphatic heterocycles. The number of halogens is 1. The van der Waals surface area contributed by atoms with E-state index in [0.717, 1.165) is 0 Å². The molecule has 1 N–H and O–H groups in total. The van der Waals surface area contributed by atoms with Crippen LogP contribution in [0, 0.1) is 5.82 Å². The van der Waals surface area contributed by atoms with Gasteiger partial charge in [0.2, 0.25) is 0 Å². The summed E-state index contributed by atoms with van der Waals surface area (Å²) in [4.78, 5) is 30.1. The van der Waals surface area contributed by atoms with E-state index in [2.05, 4.69) is 11.6 Å². The summed E-state index contributed by atoms with van der Waals surface area (Å²) in [6, 6.07) is 12.0. The van der Waals surface area contributed by atoms with E-state index in [1.165, 1.54) is 40.9 Å². The fourth-order valence-electron chi connectivity index (χ4n) is 2.41. The summed E-state index contributed by atoms with van der Waals surface area (Å²) in [7, 11) is 0. The SMILES string of the molecule is C=CCN1C(=O)/C(=C/c2ccc(F)cc2)SC1=Nc1cccc(C(=O)O)c1. The standard InChI is InChI=1S/C20H15FN2O3S/c1-2-10-23-18(24)17(11-13-6-8-15(21)9-7-13)27-20(23)22-16-5-3-4-14(12-16)19(25)26/h2-9,11-12H,1,10H2,(H,25,26)/b17-11-,22-20?. The number of benzene rings is 2. The minimum atomic E-state index is -1.05. The highest BCUT2D eigenvalue weighted by atomic mass is 32.2. The van der Waals surface area contributed by atoms with E-state index < -0.39 is 5.97 Å². The number of thioether (sulfide) groups is 1. The summed E-state index contributed by atoms with van der Waals surface area (Å²) in [6.07, 6.45) is 3.25.